The van der Waals surface area contributed by atoms with Crippen LogP contribution in [0.2, 0.25) is 0 Å². The van der Waals surface area contributed by atoms with Gasteiger partial charge in [-0.25, -0.2) is 4.79 Å². The van der Waals surface area contributed by atoms with Gasteiger partial charge in [0.25, 0.3) is 0 Å². The third kappa shape index (κ3) is 2.44. The van der Waals surface area contributed by atoms with Crippen LogP contribution in [0.25, 0.3) is 0 Å². The van der Waals surface area contributed by atoms with Crippen molar-refractivity contribution in [2.75, 3.05) is 5.75 Å². The maximum Gasteiger partial charge on any atom is 0.534 e. The standard InChI is InChI=1S/C8H7F3N2O6S2/c9-8(10,11)21(17,18)19-2-1-20-6-3(12)5(14)13(6)4(2)7(15)16/h3,6H,1,12H2,(H,15,16)/t3-,6+/m1/s1. The van der Waals surface area contributed by atoms with Crippen LogP contribution in [0.1, 0.15) is 0 Å². The molecule has 1 fully saturated rings. The minimum atomic E-state index is -6.02. The third-order valence-corrected chi connectivity index (χ3v) is 4.93. The van der Waals surface area contributed by atoms with Gasteiger partial charge in [0.15, 0.2) is 11.5 Å². The molecule has 0 unspecified atom stereocenters. The van der Waals surface area contributed by atoms with E-state index in [1.54, 1.807) is 0 Å². The summed E-state index contributed by atoms with van der Waals surface area (Å²) in [5.41, 5.74) is -1.24. The minimum Gasteiger partial charge on any atom is -0.476 e. The van der Waals surface area contributed by atoms with Crippen LogP contribution in [0.4, 0.5) is 13.2 Å². The van der Waals surface area contributed by atoms with Crippen molar-refractivity contribution in [1.82, 2.24) is 4.90 Å². The summed E-state index contributed by atoms with van der Waals surface area (Å²) in [6, 6.07) is -0.995. The quantitative estimate of drug-likeness (QED) is 0.393. The fourth-order valence-electron chi connectivity index (χ4n) is 1.73. The smallest absolute Gasteiger partial charge is 0.476 e. The normalized spacial score (nSPS) is 26.3. The molecule has 8 nitrogen and oxygen atoms in total. The van der Waals surface area contributed by atoms with Crippen LogP contribution in [0.3, 0.4) is 0 Å². The molecule has 2 rings (SSSR count). The molecule has 2 aliphatic rings. The molecule has 0 radical (unpaired) electrons. The number of rotatable bonds is 3. The number of amides is 1. The van der Waals surface area contributed by atoms with Crippen molar-refractivity contribution in [1.29, 1.82) is 0 Å². The first kappa shape index (κ1) is 15.9. The number of β-lactam (4-membered cyclic amide) rings is 1. The second-order valence-corrected chi connectivity index (χ2v) is 6.64. The Bertz CT molecular complexity index is 643. The van der Waals surface area contributed by atoms with Crippen molar-refractivity contribution in [2.24, 2.45) is 5.73 Å². The number of nitrogens with two attached hydrogens (primary N) is 1. The second-order valence-electron chi connectivity index (χ2n) is 4.00. The van der Waals surface area contributed by atoms with Gasteiger partial charge < -0.3 is 15.0 Å². The maximum absolute atomic E-state index is 12.3. The van der Waals surface area contributed by atoms with E-state index in [2.05, 4.69) is 4.18 Å². The fraction of sp³-hybridized carbons (Fsp3) is 0.500. The lowest BCUT2D eigenvalue weighted by atomic mass is 10.1. The van der Waals surface area contributed by atoms with Crippen LogP contribution in [0.5, 0.6) is 0 Å². The summed E-state index contributed by atoms with van der Waals surface area (Å²) in [6.07, 6.45) is 0. The lowest BCUT2D eigenvalue weighted by Crippen LogP contribution is -2.68. The van der Waals surface area contributed by atoms with E-state index in [1.165, 1.54) is 0 Å². The van der Waals surface area contributed by atoms with Crippen molar-refractivity contribution >= 4 is 33.8 Å². The number of thioether (sulfide) groups is 1. The fourth-order valence-corrected chi connectivity index (χ4v) is 3.50. The number of carboxylic acids is 1. The van der Waals surface area contributed by atoms with Gasteiger partial charge in [-0.1, -0.05) is 0 Å². The highest BCUT2D eigenvalue weighted by molar-refractivity contribution is 8.00. The molecule has 13 heteroatoms. The van der Waals surface area contributed by atoms with Crippen molar-refractivity contribution in [3.05, 3.63) is 11.5 Å². The Morgan fingerprint density at radius 2 is 2.05 bits per heavy atom. The van der Waals surface area contributed by atoms with E-state index < -0.39 is 56.1 Å². The number of hydrogen-bond acceptors (Lipinski definition) is 7. The van der Waals surface area contributed by atoms with Crippen LogP contribution in [-0.2, 0) is 23.9 Å². The number of hydrogen-bond donors (Lipinski definition) is 2. The summed E-state index contributed by atoms with van der Waals surface area (Å²) < 4.78 is 62.5. The number of fused-ring (bicyclic) bond motifs is 1. The number of carbonyl (C=O) groups excluding carboxylic acids is 1. The molecule has 21 heavy (non-hydrogen) atoms. The minimum absolute atomic E-state index is 0.473. The molecule has 0 aromatic carbocycles. The SMILES string of the molecule is N[C@@H]1C(=O)N2C(C(=O)O)=C(OS(=O)(=O)C(F)(F)F)CS[C@@H]12. The summed E-state index contributed by atoms with van der Waals surface area (Å²) in [5, 5.41) is 8.20. The zero-order valence-electron chi connectivity index (χ0n) is 9.83. The lowest BCUT2D eigenvalue weighted by Gasteiger charge is -2.47. The largest absolute Gasteiger partial charge is 0.534 e. The lowest BCUT2D eigenvalue weighted by molar-refractivity contribution is -0.148. The molecule has 0 bridgehead atoms. The zero-order chi connectivity index (χ0) is 16.2. The first-order valence-electron chi connectivity index (χ1n) is 5.15. The van der Waals surface area contributed by atoms with Gasteiger partial charge in [0.2, 0.25) is 5.91 Å². The van der Waals surface area contributed by atoms with E-state index >= 15 is 0 Å². The molecule has 2 heterocycles. The highest BCUT2D eigenvalue weighted by atomic mass is 32.2. The van der Waals surface area contributed by atoms with Crippen LogP contribution in [0.15, 0.2) is 11.5 Å². The summed E-state index contributed by atoms with van der Waals surface area (Å²) >= 11 is 0.807. The number of carbonyl (C=O) groups is 2. The first-order valence-corrected chi connectivity index (χ1v) is 7.60. The Hall–Kier alpha value is -1.47. The van der Waals surface area contributed by atoms with Gasteiger partial charge in [-0.3, -0.25) is 9.69 Å². The Morgan fingerprint density at radius 3 is 2.52 bits per heavy atom. The number of carboxylic acid groups (broad SMARTS) is 1. The molecule has 0 aliphatic carbocycles. The van der Waals surface area contributed by atoms with E-state index in [0.717, 1.165) is 11.8 Å². The molecule has 2 aliphatic heterocycles. The molecule has 0 aromatic heterocycles. The average molecular weight is 348 g/mol. The van der Waals surface area contributed by atoms with E-state index in [9.17, 15) is 31.2 Å². The van der Waals surface area contributed by atoms with E-state index in [-0.39, 0.29) is 0 Å². The van der Waals surface area contributed by atoms with E-state index in [1.807, 2.05) is 0 Å². The van der Waals surface area contributed by atoms with Gasteiger partial charge in [0.05, 0.1) is 5.75 Å². The Morgan fingerprint density at radius 1 is 1.48 bits per heavy atom. The number of aliphatic carboxylic acids is 1. The third-order valence-electron chi connectivity index (χ3n) is 2.67. The van der Waals surface area contributed by atoms with Crippen LogP contribution < -0.4 is 5.73 Å². The second kappa shape index (κ2) is 4.78. The molecule has 2 atom stereocenters. The van der Waals surface area contributed by atoms with Crippen LogP contribution >= 0.6 is 11.8 Å². The van der Waals surface area contributed by atoms with Gasteiger partial charge >= 0.3 is 21.6 Å². The summed E-state index contributed by atoms with van der Waals surface area (Å²) in [6.45, 7) is 0. The topological polar surface area (TPSA) is 127 Å². The molecule has 0 saturated carbocycles. The molecule has 3 N–H and O–H groups in total. The summed E-state index contributed by atoms with van der Waals surface area (Å²) in [4.78, 5) is 23.2. The monoisotopic (exact) mass is 348 g/mol. The highest BCUT2D eigenvalue weighted by Crippen LogP contribution is 2.41. The maximum atomic E-state index is 12.3. The van der Waals surface area contributed by atoms with Gasteiger partial charge in [-0.15, -0.1) is 11.8 Å². The number of halogens is 3. The van der Waals surface area contributed by atoms with Gasteiger partial charge in [0, 0.05) is 0 Å². The van der Waals surface area contributed by atoms with Crippen LogP contribution in [0, 0.1) is 0 Å². The van der Waals surface area contributed by atoms with Crippen molar-refractivity contribution in [3.63, 3.8) is 0 Å². The van der Waals surface area contributed by atoms with Gasteiger partial charge in [0.1, 0.15) is 11.4 Å². The molecule has 0 spiro atoms. The Kier molecular flexibility index (Phi) is 3.62. The predicted molar refractivity (Wildman–Crippen MR) is 61.8 cm³/mol. The Balaban J connectivity index is 2.41. The summed E-state index contributed by atoms with van der Waals surface area (Å²) in [5.74, 6) is -4.07. The van der Waals surface area contributed by atoms with Gasteiger partial charge in [-0.2, -0.15) is 21.6 Å². The predicted octanol–water partition coefficient (Wildman–Crippen LogP) is -0.609. The molecule has 118 valence electrons. The molecule has 1 saturated heterocycles. The zero-order valence-corrected chi connectivity index (χ0v) is 11.5. The van der Waals surface area contributed by atoms with E-state index in [0.29, 0.717) is 4.90 Å². The van der Waals surface area contributed by atoms with Crippen molar-refractivity contribution < 1.29 is 40.5 Å². The van der Waals surface area contributed by atoms with Crippen molar-refractivity contribution in [3.8, 4) is 0 Å². The molecule has 1 amide bonds. The molecular formula is C8H7F3N2O6S2. The Labute approximate surface area is 119 Å². The number of alkyl halides is 3. The molecule has 0 aromatic rings. The highest BCUT2D eigenvalue weighted by Gasteiger charge is 2.55. The van der Waals surface area contributed by atoms with Gasteiger partial charge in [-0.05, 0) is 0 Å². The average Bonchev–Trinajstić information content (AvgIpc) is 2.35. The first-order chi connectivity index (χ1) is 9.47. The van der Waals surface area contributed by atoms with Crippen LogP contribution in [-0.4, -0.2) is 53.0 Å². The summed E-state index contributed by atoms with van der Waals surface area (Å²) in [7, 11) is -6.02. The number of nitrogens with zero attached hydrogens (tertiary/aromatic N) is 1. The molecular weight excluding hydrogens is 341 g/mol. The van der Waals surface area contributed by atoms with Crippen molar-refractivity contribution in [2.45, 2.75) is 16.9 Å². The van der Waals surface area contributed by atoms with E-state index in [4.69, 9.17) is 10.8 Å².